The number of hydrogen-bond donors (Lipinski definition) is 2. The number of anilines is 1. The van der Waals surface area contributed by atoms with Gasteiger partial charge in [-0.05, 0) is 66.3 Å². The Morgan fingerprint density at radius 3 is 2.40 bits per heavy atom. The summed E-state index contributed by atoms with van der Waals surface area (Å²) in [4.78, 5) is 22.7. The second-order valence-electron chi connectivity index (χ2n) is 11.0. The Morgan fingerprint density at radius 2 is 1.67 bits per heavy atom. The summed E-state index contributed by atoms with van der Waals surface area (Å²) in [5.74, 6) is -0.804. The summed E-state index contributed by atoms with van der Waals surface area (Å²) in [6.45, 7) is 5.29. The number of amides is 1. The minimum Gasteiger partial charge on any atom is -0.453 e. The van der Waals surface area contributed by atoms with Crippen LogP contribution in [0, 0.1) is 11.6 Å². The van der Waals surface area contributed by atoms with Gasteiger partial charge in [-0.25, -0.2) is 8.78 Å². The molecule has 1 fully saturated rings. The molecule has 1 saturated heterocycles. The average molecular weight is 644 g/mol. The third kappa shape index (κ3) is 7.87. The number of nitrogens with one attached hydrogen (secondary N) is 2. The quantitative estimate of drug-likeness (QED) is 0.180. The lowest BCUT2D eigenvalue weighted by Gasteiger charge is -2.32. The van der Waals surface area contributed by atoms with Gasteiger partial charge in [0.05, 0.1) is 16.6 Å². The molecule has 1 amide bonds. The Balaban J connectivity index is 1.09. The molecule has 11 heteroatoms. The fraction of sp³-hybridized carbons (Fsp3) is 0.206. The Hall–Kier alpha value is -4.29. The molecule has 1 aliphatic rings. The van der Waals surface area contributed by atoms with E-state index < -0.39 is 5.82 Å². The third-order valence-electron chi connectivity index (χ3n) is 7.56. The monoisotopic (exact) mass is 643 g/mol. The zero-order valence-corrected chi connectivity index (χ0v) is 26.2. The van der Waals surface area contributed by atoms with Gasteiger partial charge in [0.1, 0.15) is 11.6 Å². The van der Waals surface area contributed by atoms with E-state index in [4.69, 9.17) is 17.0 Å². The van der Waals surface area contributed by atoms with Gasteiger partial charge in [-0.15, -0.1) is 11.3 Å². The van der Waals surface area contributed by atoms with Crippen molar-refractivity contribution in [2.75, 3.05) is 38.5 Å². The van der Waals surface area contributed by atoms with Crippen LogP contribution < -0.4 is 15.4 Å². The van der Waals surface area contributed by atoms with Crippen LogP contribution in [0.2, 0.25) is 0 Å². The molecule has 2 aromatic heterocycles. The van der Waals surface area contributed by atoms with Crippen molar-refractivity contribution in [2.24, 2.45) is 0 Å². The van der Waals surface area contributed by atoms with Crippen molar-refractivity contribution in [3.05, 3.63) is 108 Å². The second-order valence-corrected chi connectivity index (χ2v) is 12.4. The molecule has 0 radical (unpaired) electrons. The summed E-state index contributed by atoms with van der Waals surface area (Å²) in [6, 6.07) is 22.4. The van der Waals surface area contributed by atoms with Crippen LogP contribution in [0.1, 0.15) is 11.1 Å². The number of benzene rings is 3. The van der Waals surface area contributed by atoms with E-state index in [1.807, 2.05) is 6.07 Å². The van der Waals surface area contributed by atoms with Crippen LogP contribution in [0.4, 0.5) is 14.5 Å². The van der Waals surface area contributed by atoms with Crippen LogP contribution in [-0.4, -0.2) is 59.0 Å². The summed E-state index contributed by atoms with van der Waals surface area (Å²) in [6.07, 6.45) is 1.67. The maximum Gasteiger partial charge on any atom is 0.230 e. The summed E-state index contributed by atoms with van der Waals surface area (Å²) in [5, 5.41) is 5.38. The highest BCUT2D eigenvalue weighted by atomic mass is 32.1. The maximum absolute atomic E-state index is 15.1. The predicted octanol–water partition coefficient (Wildman–Crippen LogP) is 6.84. The number of rotatable bonds is 8. The number of piperazine rings is 1. The Bertz CT molecular complexity index is 1820. The normalized spacial score (nSPS) is 13.9. The molecule has 0 unspecified atom stereocenters. The predicted molar refractivity (Wildman–Crippen MR) is 179 cm³/mol. The van der Waals surface area contributed by atoms with Gasteiger partial charge in [0.25, 0.3) is 0 Å². The second kappa shape index (κ2) is 13.8. The standard InChI is InChI=1S/C34H31F2N5O2S2/c1-40-14-16-41(17-15-40)21-23-2-6-24(7-3-23)31-20-28-33(45-31)30(12-13-37-28)43-29-11-10-26(19-27(29)36)38-34(44)39-32(42)18-22-4-8-25(35)9-5-22/h2-13,19-20H,14-18,21H2,1H3,(H2,38,39,42,44). The molecule has 5 aromatic rings. The lowest BCUT2D eigenvalue weighted by atomic mass is 10.1. The van der Waals surface area contributed by atoms with Gasteiger partial charge in [0.15, 0.2) is 16.7 Å². The molecule has 0 atom stereocenters. The number of fused-ring (bicyclic) bond motifs is 1. The van der Waals surface area contributed by atoms with Crippen LogP contribution in [-0.2, 0) is 17.8 Å². The minimum absolute atomic E-state index is 0.0181. The summed E-state index contributed by atoms with van der Waals surface area (Å²) in [5.41, 5.74) is 4.14. The molecule has 6 rings (SSSR count). The van der Waals surface area contributed by atoms with Crippen LogP contribution in [0.5, 0.6) is 11.5 Å². The first-order valence-corrected chi connectivity index (χ1v) is 15.7. The van der Waals surface area contributed by atoms with Crippen molar-refractivity contribution >= 4 is 50.5 Å². The molecule has 45 heavy (non-hydrogen) atoms. The van der Waals surface area contributed by atoms with Gasteiger partial charge in [0.2, 0.25) is 5.91 Å². The lowest BCUT2D eigenvalue weighted by molar-refractivity contribution is -0.119. The number of carbonyl (C=O) groups is 1. The van der Waals surface area contributed by atoms with Crippen molar-refractivity contribution in [1.29, 1.82) is 0 Å². The van der Waals surface area contributed by atoms with Crippen molar-refractivity contribution in [3.8, 4) is 21.9 Å². The number of likely N-dealkylation sites (N-methyl/N-ethyl adjacent to an activating group) is 1. The van der Waals surface area contributed by atoms with Gasteiger partial charge < -0.3 is 20.3 Å². The highest BCUT2D eigenvalue weighted by Gasteiger charge is 2.16. The van der Waals surface area contributed by atoms with Crippen molar-refractivity contribution in [2.45, 2.75) is 13.0 Å². The largest absolute Gasteiger partial charge is 0.453 e. The van der Waals surface area contributed by atoms with Crippen molar-refractivity contribution in [3.63, 3.8) is 0 Å². The van der Waals surface area contributed by atoms with E-state index in [0.29, 0.717) is 17.0 Å². The SMILES string of the molecule is CN1CCN(Cc2ccc(-c3cc4nccc(Oc5ccc(NC(=S)NC(=O)Cc6ccc(F)cc6)cc5F)c4s3)cc2)CC1. The summed E-state index contributed by atoms with van der Waals surface area (Å²) < 4.78 is 35.0. The van der Waals surface area contributed by atoms with Gasteiger partial charge in [-0.2, -0.15) is 0 Å². The minimum atomic E-state index is -0.599. The first-order chi connectivity index (χ1) is 21.8. The van der Waals surface area contributed by atoms with E-state index in [1.54, 1.807) is 29.7 Å². The molecular weight excluding hydrogens is 613 g/mol. The topological polar surface area (TPSA) is 69.7 Å². The lowest BCUT2D eigenvalue weighted by Crippen LogP contribution is -2.43. The molecule has 0 spiro atoms. The highest BCUT2D eigenvalue weighted by molar-refractivity contribution is 7.80. The average Bonchev–Trinajstić information content (AvgIpc) is 3.47. The van der Waals surface area contributed by atoms with Gasteiger partial charge in [-0.1, -0.05) is 36.4 Å². The molecule has 7 nitrogen and oxygen atoms in total. The molecule has 0 bridgehead atoms. The number of aromatic nitrogens is 1. The van der Waals surface area contributed by atoms with E-state index in [0.717, 1.165) is 53.4 Å². The molecule has 2 N–H and O–H groups in total. The number of ether oxygens (including phenoxy) is 1. The summed E-state index contributed by atoms with van der Waals surface area (Å²) >= 11 is 6.76. The van der Waals surface area contributed by atoms with E-state index in [2.05, 4.69) is 56.7 Å². The zero-order valence-electron chi connectivity index (χ0n) is 24.6. The first-order valence-electron chi connectivity index (χ1n) is 14.5. The molecule has 1 aliphatic heterocycles. The maximum atomic E-state index is 15.1. The molecule has 230 valence electrons. The highest BCUT2D eigenvalue weighted by Crippen LogP contribution is 2.40. The van der Waals surface area contributed by atoms with E-state index in [1.165, 1.54) is 42.0 Å². The number of carbonyl (C=O) groups excluding carboxylic acids is 1. The van der Waals surface area contributed by atoms with Crippen molar-refractivity contribution < 1.29 is 18.3 Å². The number of pyridine rings is 1. The zero-order chi connectivity index (χ0) is 31.3. The van der Waals surface area contributed by atoms with Crippen LogP contribution >= 0.6 is 23.6 Å². The van der Waals surface area contributed by atoms with Crippen LogP contribution in [0.3, 0.4) is 0 Å². The van der Waals surface area contributed by atoms with Gasteiger partial charge in [-0.3, -0.25) is 14.7 Å². The van der Waals surface area contributed by atoms with Gasteiger partial charge in [0, 0.05) is 61.6 Å². The number of thiocarbonyl (C=S) groups is 1. The number of thiophene rings is 1. The van der Waals surface area contributed by atoms with Crippen LogP contribution in [0.15, 0.2) is 85.1 Å². The number of hydrogen-bond acceptors (Lipinski definition) is 7. The van der Waals surface area contributed by atoms with E-state index in [-0.39, 0.29) is 29.0 Å². The third-order valence-corrected chi connectivity index (χ3v) is 8.95. The molecule has 0 saturated carbocycles. The summed E-state index contributed by atoms with van der Waals surface area (Å²) in [7, 11) is 2.16. The van der Waals surface area contributed by atoms with Gasteiger partial charge >= 0.3 is 0 Å². The number of nitrogens with zero attached hydrogens (tertiary/aromatic N) is 3. The van der Waals surface area contributed by atoms with Crippen LogP contribution in [0.25, 0.3) is 20.7 Å². The number of halogens is 2. The first kappa shape index (κ1) is 30.7. The van der Waals surface area contributed by atoms with E-state index >= 15 is 4.39 Å². The molecule has 3 heterocycles. The molecule has 3 aromatic carbocycles. The Kier molecular flexibility index (Phi) is 9.41. The fourth-order valence-electron chi connectivity index (χ4n) is 5.08. The molecular formula is C34H31F2N5O2S2. The van der Waals surface area contributed by atoms with E-state index in [9.17, 15) is 9.18 Å². The smallest absolute Gasteiger partial charge is 0.230 e. The Morgan fingerprint density at radius 1 is 0.933 bits per heavy atom. The fourth-order valence-corrected chi connectivity index (χ4v) is 6.38. The molecule has 0 aliphatic carbocycles. The Labute approximate surface area is 269 Å². The van der Waals surface area contributed by atoms with Crippen molar-refractivity contribution in [1.82, 2.24) is 20.1 Å².